The van der Waals surface area contributed by atoms with E-state index in [-0.39, 0.29) is 18.1 Å². The Bertz CT molecular complexity index is 574. The molecule has 2 rings (SSSR count). The number of amides is 1. The van der Waals surface area contributed by atoms with Gasteiger partial charge in [-0.1, -0.05) is 0 Å². The molecule has 2 aromatic rings. The lowest BCUT2D eigenvalue weighted by atomic mass is 10.3. The average Bonchev–Trinajstić information content (AvgIpc) is 3.05. The number of aromatic nitrogens is 3. The number of aryl methyl sites for hydroxylation is 1. The summed E-state index contributed by atoms with van der Waals surface area (Å²) >= 11 is 0. The Kier molecular flexibility index (Phi) is 4.54. The van der Waals surface area contributed by atoms with Crippen LogP contribution >= 0.6 is 0 Å². The van der Waals surface area contributed by atoms with Crippen LogP contribution in [0.2, 0.25) is 0 Å². The van der Waals surface area contributed by atoms with Crippen LogP contribution in [0.1, 0.15) is 22.7 Å². The first-order chi connectivity index (χ1) is 9.66. The third-order valence-corrected chi connectivity index (χ3v) is 2.83. The Balaban J connectivity index is 1.72. The normalized spacial score (nSPS) is 10.4. The molecule has 2 aromatic heterocycles. The Morgan fingerprint density at radius 3 is 3.00 bits per heavy atom. The molecule has 7 nitrogen and oxygen atoms in total. The number of carboxylic acid groups (broad SMARTS) is 1. The van der Waals surface area contributed by atoms with E-state index in [2.05, 4.69) is 15.3 Å². The zero-order valence-corrected chi connectivity index (χ0v) is 10.9. The van der Waals surface area contributed by atoms with Gasteiger partial charge in [0, 0.05) is 31.6 Å². The van der Waals surface area contributed by atoms with Crippen molar-refractivity contribution in [2.45, 2.75) is 19.4 Å². The summed E-state index contributed by atoms with van der Waals surface area (Å²) in [6.45, 7) is 0.540. The molecule has 0 saturated heterocycles. The summed E-state index contributed by atoms with van der Waals surface area (Å²) in [6, 6.07) is 3.07. The van der Waals surface area contributed by atoms with Crippen LogP contribution in [-0.2, 0) is 17.8 Å². The van der Waals surface area contributed by atoms with E-state index in [9.17, 15) is 9.59 Å². The molecule has 0 bridgehead atoms. The molecule has 1 amide bonds. The zero-order valence-electron chi connectivity index (χ0n) is 10.9. The summed E-state index contributed by atoms with van der Waals surface area (Å²) in [5.74, 6) is -0.360. The molecule has 0 saturated carbocycles. The average molecular weight is 276 g/mol. The van der Waals surface area contributed by atoms with Crippen LogP contribution in [0.4, 0.5) is 0 Å². The van der Waals surface area contributed by atoms with Gasteiger partial charge in [-0.25, -0.2) is 9.78 Å². The van der Waals surface area contributed by atoms with Gasteiger partial charge in [-0.15, -0.1) is 0 Å². The Hall–Kier alpha value is -2.57. The summed E-state index contributed by atoms with van der Waals surface area (Å²) in [6.07, 6.45) is 6.56. The van der Waals surface area contributed by atoms with Crippen molar-refractivity contribution < 1.29 is 14.7 Å². The maximum Gasteiger partial charge on any atom is 0.352 e. The summed E-state index contributed by atoms with van der Waals surface area (Å²) in [5.41, 5.74) is 0.107. The molecule has 3 N–H and O–H groups in total. The molecule has 0 atom stereocenters. The van der Waals surface area contributed by atoms with Crippen LogP contribution in [-0.4, -0.2) is 38.1 Å². The van der Waals surface area contributed by atoms with Crippen molar-refractivity contribution in [3.63, 3.8) is 0 Å². The quantitative estimate of drug-likeness (QED) is 0.647. The van der Waals surface area contributed by atoms with Gasteiger partial charge in [-0.3, -0.25) is 4.79 Å². The van der Waals surface area contributed by atoms with Gasteiger partial charge in [-0.05, 0) is 18.6 Å². The highest BCUT2D eigenvalue weighted by atomic mass is 16.4. The molecule has 0 aromatic carbocycles. The number of H-pyrrole nitrogens is 1. The minimum Gasteiger partial charge on any atom is -0.477 e. The molecular formula is C13H16N4O3. The van der Waals surface area contributed by atoms with E-state index in [1.54, 1.807) is 24.7 Å². The fourth-order valence-corrected chi connectivity index (χ4v) is 1.88. The number of carboxylic acids is 1. The maximum atomic E-state index is 11.7. The number of nitrogens with one attached hydrogen (secondary N) is 2. The minimum atomic E-state index is -1.04. The summed E-state index contributed by atoms with van der Waals surface area (Å²) < 4.78 is 1.41. The van der Waals surface area contributed by atoms with E-state index in [1.807, 2.05) is 0 Å². The fourth-order valence-electron chi connectivity index (χ4n) is 1.88. The molecule has 0 unspecified atom stereocenters. The number of aromatic carboxylic acids is 1. The molecule has 0 aliphatic heterocycles. The van der Waals surface area contributed by atoms with Gasteiger partial charge in [-0.2, -0.15) is 0 Å². The minimum absolute atomic E-state index is 0.00931. The largest absolute Gasteiger partial charge is 0.477 e. The number of hydrogen-bond acceptors (Lipinski definition) is 3. The molecule has 7 heteroatoms. The first-order valence-electron chi connectivity index (χ1n) is 6.30. The van der Waals surface area contributed by atoms with Crippen molar-refractivity contribution in [1.29, 1.82) is 0 Å². The van der Waals surface area contributed by atoms with Gasteiger partial charge in [0.1, 0.15) is 18.1 Å². The van der Waals surface area contributed by atoms with Gasteiger partial charge < -0.3 is 20.0 Å². The Morgan fingerprint density at radius 1 is 1.45 bits per heavy atom. The van der Waals surface area contributed by atoms with Gasteiger partial charge in [0.05, 0.1) is 0 Å². The Morgan fingerprint density at radius 2 is 2.30 bits per heavy atom. The van der Waals surface area contributed by atoms with Crippen LogP contribution in [0.5, 0.6) is 0 Å². The number of carbonyl (C=O) groups excluding carboxylic acids is 1. The molecule has 0 aliphatic rings. The first kappa shape index (κ1) is 13.9. The molecule has 0 spiro atoms. The molecule has 0 fully saturated rings. The van der Waals surface area contributed by atoms with Crippen LogP contribution in [0.3, 0.4) is 0 Å². The van der Waals surface area contributed by atoms with Gasteiger partial charge >= 0.3 is 5.97 Å². The van der Waals surface area contributed by atoms with Crippen molar-refractivity contribution in [2.75, 3.05) is 6.54 Å². The SMILES string of the molecule is O=C(Cn1cccc1C(=O)O)NCCCc1ncc[nH]1. The van der Waals surface area contributed by atoms with Crippen LogP contribution in [0.25, 0.3) is 0 Å². The van der Waals surface area contributed by atoms with Crippen molar-refractivity contribution in [2.24, 2.45) is 0 Å². The highest BCUT2D eigenvalue weighted by molar-refractivity contribution is 5.86. The molecular weight excluding hydrogens is 260 g/mol. The summed E-state index contributed by atoms with van der Waals surface area (Å²) in [4.78, 5) is 29.7. The van der Waals surface area contributed by atoms with Crippen molar-refractivity contribution in [3.8, 4) is 0 Å². The third kappa shape index (κ3) is 3.71. The number of carbonyl (C=O) groups is 2. The Labute approximate surface area is 115 Å². The van der Waals surface area contributed by atoms with Gasteiger partial charge in [0.15, 0.2) is 0 Å². The number of hydrogen-bond donors (Lipinski definition) is 3. The predicted octanol–water partition coefficient (Wildman–Crippen LogP) is 0.658. The van der Waals surface area contributed by atoms with Crippen LogP contribution < -0.4 is 5.32 Å². The predicted molar refractivity (Wildman–Crippen MR) is 71.3 cm³/mol. The number of imidazole rings is 1. The maximum absolute atomic E-state index is 11.7. The fraction of sp³-hybridized carbons (Fsp3) is 0.308. The molecule has 0 radical (unpaired) electrons. The smallest absolute Gasteiger partial charge is 0.352 e. The van der Waals surface area contributed by atoms with E-state index in [0.29, 0.717) is 6.54 Å². The number of nitrogens with zero attached hydrogens (tertiary/aromatic N) is 2. The van der Waals surface area contributed by atoms with Crippen LogP contribution in [0, 0.1) is 0 Å². The van der Waals surface area contributed by atoms with E-state index in [4.69, 9.17) is 5.11 Å². The second kappa shape index (κ2) is 6.55. The lowest BCUT2D eigenvalue weighted by Crippen LogP contribution is -2.29. The van der Waals surface area contributed by atoms with E-state index < -0.39 is 5.97 Å². The number of aromatic amines is 1. The van der Waals surface area contributed by atoms with Gasteiger partial charge in [0.2, 0.25) is 5.91 Å². The standard InChI is InChI=1S/C13H16N4O3/c18-12(9-17-8-2-3-10(17)13(19)20)16-5-1-4-11-14-6-7-15-11/h2-3,6-8H,1,4-5,9H2,(H,14,15)(H,16,18)(H,19,20). The third-order valence-electron chi connectivity index (χ3n) is 2.83. The van der Waals surface area contributed by atoms with Crippen molar-refractivity contribution in [3.05, 3.63) is 42.2 Å². The summed E-state index contributed by atoms with van der Waals surface area (Å²) in [7, 11) is 0. The van der Waals surface area contributed by atoms with E-state index in [0.717, 1.165) is 18.7 Å². The second-order valence-corrected chi connectivity index (χ2v) is 4.32. The van der Waals surface area contributed by atoms with E-state index >= 15 is 0 Å². The molecule has 0 aliphatic carbocycles. The topological polar surface area (TPSA) is 100 Å². The van der Waals surface area contributed by atoms with Crippen LogP contribution in [0.15, 0.2) is 30.7 Å². The van der Waals surface area contributed by atoms with Gasteiger partial charge in [0.25, 0.3) is 0 Å². The lowest BCUT2D eigenvalue weighted by Gasteiger charge is -2.07. The monoisotopic (exact) mass is 276 g/mol. The molecule has 106 valence electrons. The number of rotatable bonds is 7. The lowest BCUT2D eigenvalue weighted by molar-refractivity contribution is -0.121. The highest BCUT2D eigenvalue weighted by Gasteiger charge is 2.11. The van der Waals surface area contributed by atoms with Crippen molar-refractivity contribution >= 4 is 11.9 Å². The molecule has 20 heavy (non-hydrogen) atoms. The van der Waals surface area contributed by atoms with E-state index in [1.165, 1.54) is 10.6 Å². The zero-order chi connectivity index (χ0) is 14.4. The highest BCUT2D eigenvalue weighted by Crippen LogP contribution is 2.02. The van der Waals surface area contributed by atoms with Crippen molar-refractivity contribution in [1.82, 2.24) is 19.9 Å². The summed E-state index contributed by atoms with van der Waals surface area (Å²) in [5, 5.41) is 11.7. The molecule has 2 heterocycles. The second-order valence-electron chi connectivity index (χ2n) is 4.32. The first-order valence-corrected chi connectivity index (χ1v) is 6.30.